The summed E-state index contributed by atoms with van der Waals surface area (Å²) in [6.07, 6.45) is 9.03. The third kappa shape index (κ3) is 1.93. The molecule has 0 amide bonds. The van der Waals surface area contributed by atoms with Gasteiger partial charge in [-0.1, -0.05) is 6.92 Å². The number of hydrogen-bond donors (Lipinski definition) is 1. The second-order valence-electron chi connectivity index (χ2n) is 5.78. The van der Waals surface area contributed by atoms with Gasteiger partial charge in [0.25, 0.3) is 0 Å². The molecule has 0 aromatic carbocycles. The van der Waals surface area contributed by atoms with Crippen LogP contribution in [0, 0.1) is 5.92 Å². The Labute approximate surface area is 108 Å². The van der Waals surface area contributed by atoms with E-state index in [9.17, 15) is 0 Å². The molecule has 2 unspecified atom stereocenters. The molecule has 2 nitrogen and oxygen atoms in total. The zero-order valence-corrected chi connectivity index (χ0v) is 11.7. The number of aryl methyl sites for hydroxylation is 2. The number of nitrogens with zero attached hydrogens (tertiary/aromatic N) is 1. The van der Waals surface area contributed by atoms with E-state index in [0.717, 1.165) is 5.92 Å². The normalized spacial score (nSPS) is 32.7. The third-order valence-electron chi connectivity index (χ3n) is 4.49. The van der Waals surface area contributed by atoms with Crippen LogP contribution in [0.5, 0.6) is 0 Å². The number of fused-ring (bicyclic) bond motifs is 1. The van der Waals surface area contributed by atoms with Crippen LogP contribution in [0.25, 0.3) is 0 Å². The van der Waals surface area contributed by atoms with Crippen molar-refractivity contribution in [1.82, 2.24) is 10.3 Å². The van der Waals surface area contributed by atoms with E-state index in [-0.39, 0.29) is 5.54 Å². The van der Waals surface area contributed by atoms with Gasteiger partial charge in [-0.25, -0.2) is 4.98 Å². The van der Waals surface area contributed by atoms with E-state index in [1.165, 1.54) is 55.6 Å². The van der Waals surface area contributed by atoms with Crippen molar-refractivity contribution in [3.05, 3.63) is 15.6 Å². The highest BCUT2D eigenvalue weighted by Crippen LogP contribution is 2.44. The Bertz CT molecular complexity index is 389. The molecule has 2 aliphatic carbocycles. The molecule has 3 rings (SSSR count). The van der Waals surface area contributed by atoms with Crippen LogP contribution in [0.1, 0.15) is 54.6 Å². The van der Waals surface area contributed by atoms with Gasteiger partial charge in [0.1, 0.15) is 5.01 Å². The molecule has 0 spiro atoms. The van der Waals surface area contributed by atoms with Crippen molar-refractivity contribution in [1.29, 1.82) is 0 Å². The molecule has 1 heterocycles. The molecule has 2 aliphatic rings. The van der Waals surface area contributed by atoms with E-state index in [0.29, 0.717) is 0 Å². The maximum absolute atomic E-state index is 4.97. The first-order chi connectivity index (χ1) is 8.23. The fraction of sp³-hybridized carbons (Fsp3) is 0.786. The molecular formula is C14H22N2S. The minimum Gasteiger partial charge on any atom is -0.308 e. The van der Waals surface area contributed by atoms with Gasteiger partial charge < -0.3 is 5.32 Å². The van der Waals surface area contributed by atoms with Crippen molar-refractivity contribution >= 4 is 11.3 Å². The number of nitrogens with one attached hydrogen (secondary N) is 1. The molecule has 2 atom stereocenters. The fourth-order valence-electron chi connectivity index (χ4n) is 3.38. The maximum atomic E-state index is 4.97. The summed E-state index contributed by atoms with van der Waals surface area (Å²) >= 11 is 1.98. The summed E-state index contributed by atoms with van der Waals surface area (Å²) in [5, 5.41) is 4.95. The molecule has 0 radical (unpaired) electrons. The van der Waals surface area contributed by atoms with Crippen LogP contribution in [-0.4, -0.2) is 12.0 Å². The van der Waals surface area contributed by atoms with Crippen LogP contribution in [0.3, 0.4) is 0 Å². The third-order valence-corrected chi connectivity index (χ3v) is 5.86. The summed E-state index contributed by atoms with van der Waals surface area (Å²) in [7, 11) is 2.11. The van der Waals surface area contributed by atoms with Crippen molar-refractivity contribution in [2.75, 3.05) is 7.05 Å². The van der Waals surface area contributed by atoms with Crippen LogP contribution in [0.4, 0.5) is 0 Å². The molecule has 0 saturated heterocycles. The first-order valence-electron chi connectivity index (χ1n) is 6.91. The largest absolute Gasteiger partial charge is 0.308 e. The molecule has 1 saturated carbocycles. The summed E-state index contributed by atoms with van der Waals surface area (Å²) in [6, 6.07) is 0. The lowest BCUT2D eigenvalue weighted by atomic mass is 9.97. The Morgan fingerprint density at radius 2 is 2.18 bits per heavy atom. The quantitative estimate of drug-likeness (QED) is 0.871. The smallest absolute Gasteiger partial charge is 0.113 e. The van der Waals surface area contributed by atoms with Crippen LogP contribution >= 0.6 is 11.3 Å². The van der Waals surface area contributed by atoms with Crippen LogP contribution in [0.15, 0.2) is 0 Å². The standard InChI is InChI=1S/C14H22N2S/c1-10-7-8-14(9-10,15-2)13-16-11-5-3-4-6-12(11)17-13/h10,15H,3-9H2,1-2H3. The first kappa shape index (κ1) is 11.7. The summed E-state index contributed by atoms with van der Waals surface area (Å²) in [5.74, 6) is 0.836. The molecule has 94 valence electrons. The highest BCUT2D eigenvalue weighted by Gasteiger charge is 2.40. The van der Waals surface area contributed by atoms with Gasteiger partial charge >= 0.3 is 0 Å². The Kier molecular flexibility index (Phi) is 2.99. The van der Waals surface area contributed by atoms with Crippen molar-refractivity contribution < 1.29 is 0 Å². The van der Waals surface area contributed by atoms with Crippen molar-refractivity contribution in [3.8, 4) is 0 Å². The van der Waals surface area contributed by atoms with Crippen molar-refractivity contribution in [3.63, 3.8) is 0 Å². The molecule has 0 aliphatic heterocycles. The van der Waals surface area contributed by atoms with Gasteiger partial charge in [-0.2, -0.15) is 0 Å². The number of rotatable bonds is 2. The minimum atomic E-state index is 0.196. The predicted octanol–water partition coefficient (Wildman–Crippen LogP) is 3.26. The molecule has 1 aromatic rings. The SMILES string of the molecule is CNC1(c2nc3c(s2)CCCC3)CCC(C)C1. The average molecular weight is 250 g/mol. The number of thiazole rings is 1. The second-order valence-corrected chi connectivity index (χ2v) is 6.86. The lowest BCUT2D eigenvalue weighted by molar-refractivity contribution is 0.357. The summed E-state index contributed by atoms with van der Waals surface area (Å²) < 4.78 is 0. The zero-order chi connectivity index (χ0) is 11.9. The predicted molar refractivity (Wildman–Crippen MR) is 72.5 cm³/mol. The van der Waals surface area contributed by atoms with E-state index < -0.39 is 0 Å². The minimum absolute atomic E-state index is 0.196. The lowest BCUT2D eigenvalue weighted by Gasteiger charge is -2.26. The summed E-state index contributed by atoms with van der Waals surface area (Å²) in [4.78, 5) is 6.54. The molecule has 17 heavy (non-hydrogen) atoms. The molecule has 0 bridgehead atoms. The lowest BCUT2D eigenvalue weighted by Crippen LogP contribution is -2.37. The van der Waals surface area contributed by atoms with Crippen LogP contribution < -0.4 is 5.32 Å². The van der Waals surface area contributed by atoms with Crippen LogP contribution in [-0.2, 0) is 18.4 Å². The zero-order valence-electron chi connectivity index (χ0n) is 10.9. The van der Waals surface area contributed by atoms with Gasteiger partial charge in [-0.3, -0.25) is 0 Å². The Balaban J connectivity index is 1.94. The van der Waals surface area contributed by atoms with E-state index in [1.54, 1.807) is 4.88 Å². The molecular weight excluding hydrogens is 228 g/mol. The van der Waals surface area contributed by atoms with Crippen molar-refractivity contribution in [2.45, 2.75) is 57.4 Å². The van der Waals surface area contributed by atoms with E-state index in [4.69, 9.17) is 4.98 Å². The molecule has 1 N–H and O–H groups in total. The van der Waals surface area contributed by atoms with Gasteiger partial charge in [-0.15, -0.1) is 11.3 Å². The average Bonchev–Trinajstić information content (AvgIpc) is 2.93. The fourth-order valence-corrected chi connectivity index (χ4v) is 4.76. The summed E-state index contributed by atoms with van der Waals surface area (Å²) in [5.41, 5.74) is 1.60. The monoisotopic (exact) mass is 250 g/mol. The van der Waals surface area contributed by atoms with E-state index in [1.807, 2.05) is 11.3 Å². The highest BCUT2D eigenvalue weighted by molar-refractivity contribution is 7.11. The Morgan fingerprint density at radius 1 is 1.35 bits per heavy atom. The van der Waals surface area contributed by atoms with E-state index in [2.05, 4.69) is 19.3 Å². The summed E-state index contributed by atoms with van der Waals surface area (Å²) in [6.45, 7) is 2.37. The van der Waals surface area contributed by atoms with Gasteiger partial charge in [0, 0.05) is 4.88 Å². The molecule has 1 fully saturated rings. The van der Waals surface area contributed by atoms with Gasteiger partial charge in [0.15, 0.2) is 0 Å². The molecule has 1 aromatic heterocycles. The Hall–Kier alpha value is -0.410. The second kappa shape index (κ2) is 4.36. The maximum Gasteiger partial charge on any atom is 0.113 e. The van der Waals surface area contributed by atoms with Gasteiger partial charge in [-0.05, 0) is 57.9 Å². The van der Waals surface area contributed by atoms with Crippen molar-refractivity contribution in [2.24, 2.45) is 5.92 Å². The van der Waals surface area contributed by atoms with Crippen LogP contribution in [0.2, 0.25) is 0 Å². The van der Waals surface area contributed by atoms with Gasteiger partial charge in [0.05, 0.1) is 11.2 Å². The first-order valence-corrected chi connectivity index (χ1v) is 7.73. The number of hydrogen-bond acceptors (Lipinski definition) is 3. The highest BCUT2D eigenvalue weighted by atomic mass is 32.1. The molecule has 3 heteroatoms. The Morgan fingerprint density at radius 3 is 2.82 bits per heavy atom. The van der Waals surface area contributed by atoms with Gasteiger partial charge in [0.2, 0.25) is 0 Å². The van der Waals surface area contributed by atoms with E-state index >= 15 is 0 Å². The number of aromatic nitrogens is 1. The topological polar surface area (TPSA) is 24.9 Å².